The molecule has 6 heteroatoms. The van der Waals surface area contributed by atoms with E-state index in [2.05, 4.69) is 29.2 Å². The van der Waals surface area contributed by atoms with E-state index in [-0.39, 0.29) is 12.4 Å². The molecule has 0 aliphatic carbocycles. The second-order valence-electron chi connectivity index (χ2n) is 7.53. The Morgan fingerprint density at radius 1 is 1.16 bits per heavy atom. The molecule has 2 aromatic rings. The van der Waals surface area contributed by atoms with Crippen LogP contribution in [0.3, 0.4) is 0 Å². The van der Waals surface area contributed by atoms with E-state index in [1.807, 2.05) is 49.4 Å². The van der Waals surface area contributed by atoms with Crippen LogP contribution in [0.1, 0.15) is 30.9 Å². The number of allylic oxidation sites excluding steroid dienone is 1. The van der Waals surface area contributed by atoms with Gasteiger partial charge in [0.15, 0.2) is 11.5 Å². The van der Waals surface area contributed by atoms with Gasteiger partial charge >= 0.3 is 0 Å². The number of aromatic hydroxyl groups is 1. The summed E-state index contributed by atoms with van der Waals surface area (Å²) in [6.07, 6.45) is 3.17. The molecule has 0 aromatic heterocycles. The Kier molecular flexibility index (Phi) is 10.5. The van der Waals surface area contributed by atoms with Crippen LogP contribution in [-0.4, -0.2) is 41.2 Å². The lowest BCUT2D eigenvalue weighted by atomic mass is 9.91. The maximum Gasteiger partial charge on any atom is 0.171 e. The van der Waals surface area contributed by atoms with Gasteiger partial charge in [-0.15, -0.1) is 6.58 Å². The van der Waals surface area contributed by atoms with E-state index in [1.54, 1.807) is 12.1 Å². The lowest BCUT2D eigenvalue weighted by molar-refractivity contribution is -0.0273. The minimum Gasteiger partial charge on any atom is -0.504 e. The van der Waals surface area contributed by atoms with Crippen LogP contribution in [0.15, 0.2) is 60.7 Å². The molecule has 0 fully saturated rings. The molecule has 3 atom stereocenters. The summed E-state index contributed by atoms with van der Waals surface area (Å²) in [5.74, 6) is 0.0836. The van der Waals surface area contributed by atoms with Crippen LogP contribution in [-0.2, 0) is 11.3 Å². The fraction of sp³-hybridized carbons (Fsp3) is 0.360. The number of rotatable bonds is 12. The minimum atomic E-state index is -0.830. The Morgan fingerprint density at radius 3 is 2.52 bits per heavy atom. The van der Waals surface area contributed by atoms with E-state index in [0.29, 0.717) is 28.8 Å². The fourth-order valence-corrected chi connectivity index (χ4v) is 3.94. The van der Waals surface area contributed by atoms with Gasteiger partial charge in [-0.1, -0.05) is 48.1 Å². The van der Waals surface area contributed by atoms with Crippen LogP contribution in [0, 0.1) is 9.49 Å². The molecule has 0 spiro atoms. The Balaban J connectivity index is 1.88. The molecule has 31 heavy (non-hydrogen) atoms. The Labute approximate surface area is 198 Å². The molecule has 0 amide bonds. The minimum absolute atomic E-state index is 0.128. The van der Waals surface area contributed by atoms with Crippen LogP contribution in [0.5, 0.6) is 11.5 Å². The van der Waals surface area contributed by atoms with E-state index >= 15 is 0 Å². The van der Waals surface area contributed by atoms with Gasteiger partial charge in [-0.2, -0.15) is 0 Å². The van der Waals surface area contributed by atoms with Crippen molar-refractivity contribution in [3.63, 3.8) is 0 Å². The third-order valence-corrected chi connectivity index (χ3v) is 5.90. The van der Waals surface area contributed by atoms with Crippen molar-refractivity contribution < 1.29 is 24.8 Å². The predicted octanol–water partition coefficient (Wildman–Crippen LogP) is 4.93. The molecule has 2 rings (SSSR count). The molecule has 0 aliphatic heterocycles. The van der Waals surface area contributed by atoms with Crippen molar-refractivity contribution in [3.8, 4) is 11.5 Å². The zero-order chi connectivity index (χ0) is 22.8. The van der Waals surface area contributed by atoms with E-state index in [1.165, 1.54) is 7.11 Å². The summed E-state index contributed by atoms with van der Waals surface area (Å²) in [5.41, 5.74) is 3.02. The quantitative estimate of drug-likeness (QED) is 0.264. The van der Waals surface area contributed by atoms with Crippen molar-refractivity contribution in [1.82, 2.24) is 0 Å². The first-order chi connectivity index (χ1) is 14.8. The highest BCUT2D eigenvalue weighted by atomic mass is 127. The Bertz CT molecular complexity index is 866. The SMILES string of the molecule is C=C[C@H]([C@H](O)CC/C(C)=C/c1cc(I)c(O)c(OC)c1)[C@H](O)COCc1ccccc1. The molecule has 0 heterocycles. The highest BCUT2D eigenvalue weighted by Gasteiger charge is 2.24. The fourth-order valence-electron chi connectivity index (χ4n) is 3.31. The number of phenols is 1. The maximum atomic E-state index is 10.6. The van der Waals surface area contributed by atoms with Crippen molar-refractivity contribution in [1.29, 1.82) is 0 Å². The molecular formula is C25H31IO5. The monoisotopic (exact) mass is 538 g/mol. The predicted molar refractivity (Wildman–Crippen MR) is 132 cm³/mol. The summed E-state index contributed by atoms with van der Waals surface area (Å²) >= 11 is 2.06. The third-order valence-electron chi connectivity index (χ3n) is 5.08. The first-order valence-corrected chi connectivity index (χ1v) is 11.3. The summed E-state index contributed by atoms with van der Waals surface area (Å²) in [5, 5.41) is 31.0. The zero-order valence-electron chi connectivity index (χ0n) is 18.0. The lowest BCUT2D eigenvalue weighted by Gasteiger charge is -2.25. The van der Waals surface area contributed by atoms with Gasteiger partial charge in [-0.25, -0.2) is 0 Å². The molecule has 0 unspecified atom stereocenters. The number of methoxy groups -OCH3 is 1. The van der Waals surface area contributed by atoms with Gasteiger partial charge in [0.25, 0.3) is 0 Å². The van der Waals surface area contributed by atoms with Crippen LogP contribution >= 0.6 is 22.6 Å². The largest absolute Gasteiger partial charge is 0.504 e. The topological polar surface area (TPSA) is 79.2 Å². The molecular weight excluding hydrogens is 507 g/mol. The average molecular weight is 538 g/mol. The van der Waals surface area contributed by atoms with E-state index < -0.39 is 18.1 Å². The van der Waals surface area contributed by atoms with E-state index in [0.717, 1.165) is 16.7 Å². The Morgan fingerprint density at radius 2 is 1.87 bits per heavy atom. The van der Waals surface area contributed by atoms with E-state index in [9.17, 15) is 15.3 Å². The van der Waals surface area contributed by atoms with Crippen LogP contribution in [0.25, 0.3) is 6.08 Å². The van der Waals surface area contributed by atoms with Crippen molar-refractivity contribution >= 4 is 28.7 Å². The lowest BCUT2D eigenvalue weighted by Crippen LogP contribution is -2.33. The number of benzene rings is 2. The number of halogens is 1. The molecule has 168 valence electrons. The van der Waals surface area contributed by atoms with Crippen molar-refractivity contribution in [2.75, 3.05) is 13.7 Å². The number of ether oxygens (including phenoxy) is 2. The molecule has 0 saturated carbocycles. The van der Waals surface area contributed by atoms with Crippen molar-refractivity contribution in [2.24, 2.45) is 5.92 Å². The first kappa shape index (κ1) is 25.4. The van der Waals surface area contributed by atoms with Crippen LogP contribution in [0.2, 0.25) is 0 Å². The zero-order valence-corrected chi connectivity index (χ0v) is 20.2. The number of phenolic OH excluding ortho intramolecular Hbond substituents is 1. The average Bonchev–Trinajstić information content (AvgIpc) is 2.76. The van der Waals surface area contributed by atoms with Gasteiger partial charge in [0.05, 0.1) is 36.1 Å². The second-order valence-corrected chi connectivity index (χ2v) is 8.69. The second kappa shape index (κ2) is 12.9. The highest BCUT2D eigenvalue weighted by Crippen LogP contribution is 2.33. The Hall–Kier alpha value is -1.87. The van der Waals surface area contributed by atoms with Gasteiger partial charge in [0, 0.05) is 5.92 Å². The highest BCUT2D eigenvalue weighted by molar-refractivity contribution is 14.1. The number of aliphatic hydroxyl groups is 2. The smallest absolute Gasteiger partial charge is 0.171 e. The normalized spacial score (nSPS) is 14.7. The standard InChI is InChI=1S/C25H31IO5/c1-4-20(23(28)16-31-15-18-8-6-5-7-9-18)22(27)11-10-17(2)12-19-13-21(26)25(29)24(14-19)30-3/h4-9,12-14,20,22-23,27-29H,1,10-11,15-16H2,2-3H3/b17-12+/t20-,22-,23-/m1/s1. The van der Waals surface area contributed by atoms with Crippen molar-refractivity contribution in [3.05, 3.63) is 75.4 Å². The molecule has 5 nitrogen and oxygen atoms in total. The third kappa shape index (κ3) is 7.96. The van der Waals surface area contributed by atoms with Gasteiger partial charge in [0.2, 0.25) is 0 Å². The van der Waals surface area contributed by atoms with Gasteiger partial charge < -0.3 is 24.8 Å². The van der Waals surface area contributed by atoms with Gasteiger partial charge in [-0.05, 0) is 65.6 Å². The number of hydrogen-bond donors (Lipinski definition) is 3. The molecule has 0 aliphatic rings. The summed E-state index contributed by atoms with van der Waals surface area (Å²) in [6, 6.07) is 13.4. The molecule has 0 saturated heterocycles. The van der Waals surface area contributed by atoms with E-state index in [4.69, 9.17) is 9.47 Å². The summed E-state index contributed by atoms with van der Waals surface area (Å²) in [4.78, 5) is 0. The van der Waals surface area contributed by atoms with Crippen molar-refractivity contribution in [2.45, 2.75) is 38.6 Å². The number of aliphatic hydroxyl groups excluding tert-OH is 2. The molecule has 3 N–H and O–H groups in total. The summed E-state index contributed by atoms with van der Waals surface area (Å²) in [6.45, 7) is 6.30. The van der Waals surface area contributed by atoms with Gasteiger partial charge in [-0.3, -0.25) is 0 Å². The number of hydrogen-bond acceptors (Lipinski definition) is 5. The molecule has 0 bridgehead atoms. The first-order valence-electron chi connectivity index (χ1n) is 10.2. The van der Waals surface area contributed by atoms with Gasteiger partial charge in [0.1, 0.15) is 0 Å². The maximum absolute atomic E-state index is 10.6. The van der Waals surface area contributed by atoms with Crippen LogP contribution < -0.4 is 4.74 Å². The molecule has 2 aromatic carbocycles. The summed E-state index contributed by atoms with van der Waals surface area (Å²) < 4.78 is 11.5. The molecule has 0 radical (unpaired) electrons. The van der Waals surface area contributed by atoms with Crippen LogP contribution in [0.4, 0.5) is 0 Å². The summed E-state index contributed by atoms with van der Waals surface area (Å²) in [7, 11) is 1.52.